The second kappa shape index (κ2) is 6.80. The molecule has 0 aliphatic carbocycles. The molecule has 4 nitrogen and oxygen atoms in total. The average Bonchev–Trinajstić information content (AvgIpc) is 2.69. The van der Waals surface area contributed by atoms with Crippen molar-refractivity contribution in [2.24, 2.45) is 0 Å². The van der Waals surface area contributed by atoms with Gasteiger partial charge in [0.25, 0.3) is 5.56 Å². The van der Waals surface area contributed by atoms with Gasteiger partial charge in [-0.15, -0.1) is 0 Å². The van der Waals surface area contributed by atoms with E-state index in [9.17, 15) is 4.79 Å². The van der Waals surface area contributed by atoms with Gasteiger partial charge in [-0.25, -0.2) is 0 Å². The molecule has 0 radical (unpaired) electrons. The van der Waals surface area contributed by atoms with Gasteiger partial charge in [0.1, 0.15) is 0 Å². The molecule has 1 heterocycles. The van der Waals surface area contributed by atoms with Crippen LogP contribution in [0, 0.1) is 6.92 Å². The number of ether oxygens (including phenoxy) is 2. The van der Waals surface area contributed by atoms with Gasteiger partial charge >= 0.3 is 0 Å². The average molecular weight is 359 g/mol. The highest BCUT2D eigenvalue weighted by Crippen LogP contribution is 2.37. The number of methoxy groups -OCH3 is 2. The molecule has 4 aromatic rings. The molecule has 0 spiro atoms. The van der Waals surface area contributed by atoms with Crippen molar-refractivity contribution < 1.29 is 9.47 Å². The molecule has 0 aliphatic heterocycles. The summed E-state index contributed by atoms with van der Waals surface area (Å²) in [6, 6.07) is 18.3. The lowest BCUT2D eigenvalue weighted by Crippen LogP contribution is -2.15. The van der Waals surface area contributed by atoms with Crippen LogP contribution >= 0.6 is 0 Å². The second-order valence-corrected chi connectivity index (χ2v) is 6.64. The molecule has 0 fully saturated rings. The number of nitrogens with one attached hydrogen (secondary N) is 1. The van der Waals surface area contributed by atoms with Crippen molar-refractivity contribution in [2.45, 2.75) is 13.3 Å². The van der Waals surface area contributed by atoms with Gasteiger partial charge < -0.3 is 14.5 Å². The zero-order valence-electron chi connectivity index (χ0n) is 15.6. The third-order valence-corrected chi connectivity index (χ3v) is 5.02. The Kier molecular flexibility index (Phi) is 4.32. The topological polar surface area (TPSA) is 51.3 Å². The third kappa shape index (κ3) is 2.93. The molecule has 136 valence electrons. The van der Waals surface area contributed by atoms with Gasteiger partial charge in [0.05, 0.1) is 14.2 Å². The van der Waals surface area contributed by atoms with E-state index in [-0.39, 0.29) is 5.56 Å². The molecule has 0 saturated carbocycles. The number of hydrogen-bond acceptors (Lipinski definition) is 3. The van der Waals surface area contributed by atoms with Crippen LogP contribution in [-0.4, -0.2) is 19.2 Å². The van der Waals surface area contributed by atoms with Crippen molar-refractivity contribution in [1.29, 1.82) is 0 Å². The molecule has 0 bridgehead atoms. The SMILES string of the molecule is COc1ccc2c(C)[nH]c(=O)c(Cc3ccc4ccccc4c3)c2c1OC. The number of fused-ring (bicyclic) bond motifs is 2. The van der Waals surface area contributed by atoms with Crippen molar-refractivity contribution in [1.82, 2.24) is 4.98 Å². The summed E-state index contributed by atoms with van der Waals surface area (Å²) in [5.41, 5.74) is 2.48. The van der Waals surface area contributed by atoms with Gasteiger partial charge in [-0.3, -0.25) is 4.79 Å². The van der Waals surface area contributed by atoms with Crippen LogP contribution in [0.4, 0.5) is 0 Å². The van der Waals surface area contributed by atoms with Crippen LogP contribution in [-0.2, 0) is 6.42 Å². The van der Waals surface area contributed by atoms with Crippen LogP contribution in [0.25, 0.3) is 21.5 Å². The standard InChI is InChI=1S/C23H21NO3/c1-14-18-10-11-20(26-2)22(27-3)21(18)19(23(25)24-14)13-15-8-9-16-6-4-5-7-17(16)12-15/h4-12H,13H2,1-3H3,(H,24,25). The summed E-state index contributed by atoms with van der Waals surface area (Å²) >= 11 is 0. The van der Waals surface area contributed by atoms with Crippen molar-refractivity contribution in [2.75, 3.05) is 14.2 Å². The Bertz CT molecular complexity index is 1210. The van der Waals surface area contributed by atoms with Crippen molar-refractivity contribution in [3.8, 4) is 11.5 Å². The van der Waals surface area contributed by atoms with Gasteiger partial charge in [-0.1, -0.05) is 42.5 Å². The number of aromatic amines is 1. The van der Waals surface area contributed by atoms with E-state index in [2.05, 4.69) is 35.3 Å². The summed E-state index contributed by atoms with van der Waals surface area (Å²) in [6.45, 7) is 1.90. The molecule has 1 N–H and O–H groups in total. The molecule has 27 heavy (non-hydrogen) atoms. The normalized spacial score (nSPS) is 11.1. The number of aryl methyl sites for hydroxylation is 1. The Morgan fingerprint density at radius 2 is 1.70 bits per heavy atom. The number of benzene rings is 3. The van der Waals surface area contributed by atoms with Crippen LogP contribution in [0.5, 0.6) is 11.5 Å². The van der Waals surface area contributed by atoms with Crippen LogP contribution < -0.4 is 15.0 Å². The Morgan fingerprint density at radius 3 is 2.44 bits per heavy atom. The summed E-state index contributed by atoms with van der Waals surface area (Å²) in [7, 11) is 3.21. The quantitative estimate of drug-likeness (QED) is 0.579. The molecule has 0 unspecified atom stereocenters. The first-order valence-electron chi connectivity index (χ1n) is 8.86. The fourth-order valence-electron chi connectivity index (χ4n) is 3.69. The fourth-order valence-corrected chi connectivity index (χ4v) is 3.69. The molecule has 1 aromatic heterocycles. The van der Waals surface area contributed by atoms with E-state index >= 15 is 0 Å². The number of aromatic nitrogens is 1. The van der Waals surface area contributed by atoms with Crippen molar-refractivity contribution >= 4 is 21.5 Å². The Labute approximate surface area is 157 Å². The van der Waals surface area contributed by atoms with E-state index in [1.807, 2.05) is 31.2 Å². The van der Waals surface area contributed by atoms with Crippen LogP contribution in [0.3, 0.4) is 0 Å². The summed E-state index contributed by atoms with van der Waals surface area (Å²) in [5, 5.41) is 4.12. The maximum absolute atomic E-state index is 12.8. The predicted octanol–water partition coefficient (Wildman–Crippen LogP) is 4.60. The lowest BCUT2D eigenvalue weighted by atomic mass is 9.96. The molecule has 0 amide bonds. The van der Waals surface area contributed by atoms with E-state index in [4.69, 9.17) is 9.47 Å². The Morgan fingerprint density at radius 1 is 0.926 bits per heavy atom. The summed E-state index contributed by atoms with van der Waals surface area (Å²) in [5.74, 6) is 1.22. The maximum atomic E-state index is 12.8. The lowest BCUT2D eigenvalue weighted by Gasteiger charge is -2.15. The lowest BCUT2D eigenvalue weighted by molar-refractivity contribution is 0.358. The number of rotatable bonds is 4. The highest BCUT2D eigenvalue weighted by Gasteiger charge is 2.17. The minimum absolute atomic E-state index is 0.0975. The number of hydrogen-bond donors (Lipinski definition) is 1. The monoisotopic (exact) mass is 359 g/mol. The van der Waals surface area contributed by atoms with E-state index in [0.29, 0.717) is 23.5 Å². The van der Waals surface area contributed by atoms with Crippen molar-refractivity contribution in [3.63, 3.8) is 0 Å². The smallest absolute Gasteiger partial charge is 0.252 e. The summed E-state index contributed by atoms with van der Waals surface area (Å²) in [4.78, 5) is 15.8. The second-order valence-electron chi connectivity index (χ2n) is 6.64. The third-order valence-electron chi connectivity index (χ3n) is 5.02. The summed E-state index contributed by atoms with van der Waals surface area (Å²) < 4.78 is 11.1. The molecule has 0 atom stereocenters. The highest BCUT2D eigenvalue weighted by atomic mass is 16.5. The van der Waals surface area contributed by atoms with Gasteiger partial charge in [0, 0.05) is 28.5 Å². The van der Waals surface area contributed by atoms with E-state index in [1.54, 1.807) is 14.2 Å². The number of H-pyrrole nitrogens is 1. The first kappa shape index (κ1) is 17.2. The van der Waals surface area contributed by atoms with Gasteiger partial charge in [0.2, 0.25) is 0 Å². The molecule has 0 aliphatic rings. The Hall–Kier alpha value is -3.27. The first-order valence-corrected chi connectivity index (χ1v) is 8.86. The fraction of sp³-hybridized carbons (Fsp3) is 0.174. The molecule has 4 rings (SSSR count). The van der Waals surface area contributed by atoms with E-state index < -0.39 is 0 Å². The van der Waals surface area contributed by atoms with Crippen LogP contribution in [0.2, 0.25) is 0 Å². The molecule has 0 saturated heterocycles. The number of pyridine rings is 1. The molecule has 3 aromatic carbocycles. The largest absolute Gasteiger partial charge is 0.493 e. The van der Waals surface area contributed by atoms with Gasteiger partial charge in [0.15, 0.2) is 11.5 Å². The van der Waals surface area contributed by atoms with E-state index in [1.165, 1.54) is 5.39 Å². The van der Waals surface area contributed by atoms with Gasteiger partial charge in [-0.2, -0.15) is 0 Å². The Balaban J connectivity index is 1.95. The van der Waals surface area contributed by atoms with Crippen LogP contribution in [0.1, 0.15) is 16.8 Å². The molecular formula is C23H21NO3. The van der Waals surface area contributed by atoms with Gasteiger partial charge in [-0.05, 0) is 35.4 Å². The van der Waals surface area contributed by atoms with Crippen LogP contribution in [0.15, 0.2) is 59.4 Å². The zero-order valence-corrected chi connectivity index (χ0v) is 15.6. The molecule has 4 heteroatoms. The first-order chi connectivity index (χ1) is 13.1. The highest BCUT2D eigenvalue weighted by molar-refractivity contribution is 5.95. The minimum Gasteiger partial charge on any atom is -0.493 e. The maximum Gasteiger partial charge on any atom is 0.252 e. The zero-order chi connectivity index (χ0) is 19.0. The summed E-state index contributed by atoms with van der Waals surface area (Å²) in [6.07, 6.45) is 0.514. The molecular weight excluding hydrogens is 338 g/mol. The van der Waals surface area contributed by atoms with E-state index in [0.717, 1.165) is 27.4 Å². The minimum atomic E-state index is -0.0975. The van der Waals surface area contributed by atoms with Crippen molar-refractivity contribution in [3.05, 3.63) is 81.8 Å². The predicted molar refractivity (Wildman–Crippen MR) is 109 cm³/mol.